The van der Waals surface area contributed by atoms with Gasteiger partial charge in [0.15, 0.2) is 0 Å². The van der Waals surface area contributed by atoms with E-state index < -0.39 is 0 Å². The maximum Gasteiger partial charge on any atom is 0.295 e. The van der Waals surface area contributed by atoms with Crippen molar-refractivity contribution in [3.63, 3.8) is 0 Å². The molecule has 13 heavy (non-hydrogen) atoms. The van der Waals surface area contributed by atoms with Crippen molar-refractivity contribution >= 4 is 5.91 Å². The Kier molecular flexibility index (Phi) is 3.58. The lowest BCUT2D eigenvalue weighted by Crippen LogP contribution is -2.25. The van der Waals surface area contributed by atoms with Crippen LogP contribution < -0.4 is 5.32 Å². The van der Waals surface area contributed by atoms with Crippen LogP contribution in [0.15, 0.2) is 18.5 Å². The van der Waals surface area contributed by atoms with Crippen LogP contribution in [-0.4, -0.2) is 22.2 Å². The van der Waals surface area contributed by atoms with Crippen LogP contribution in [-0.2, 0) is 11.3 Å². The second-order valence-electron chi connectivity index (χ2n) is 2.40. The van der Waals surface area contributed by atoms with Gasteiger partial charge in [-0.25, -0.2) is 0 Å². The molecule has 0 aliphatic heterocycles. The van der Waals surface area contributed by atoms with Crippen molar-refractivity contribution in [2.24, 2.45) is 0 Å². The zero-order valence-electron chi connectivity index (χ0n) is 7.45. The molecule has 0 bridgehead atoms. The summed E-state index contributed by atoms with van der Waals surface area (Å²) in [5.41, 5.74) is 0. The molecule has 0 saturated heterocycles. The summed E-state index contributed by atoms with van der Waals surface area (Å²) in [6.07, 6.45) is 3.55. The predicted octanol–water partition coefficient (Wildman–Crippen LogP) is 0.0226. The molecule has 0 aromatic carbocycles. The fourth-order valence-electron chi connectivity index (χ4n) is 0.874. The number of rotatable bonds is 3. The van der Waals surface area contributed by atoms with Crippen LogP contribution >= 0.6 is 0 Å². The van der Waals surface area contributed by atoms with Crippen LogP contribution in [0.2, 0.25) is 0 Å². The highest BCUT2D eigenvalue weighted by atomic mass is 16.1. The summed E-state index contributed by atoms with van der Waals surface area (Å²) in [4.78, 5) is 10.9. The summed E-state index contributed by atoms with van der Waals surface area (Å²) in [5, 5.41) is 6.64. The fourth-order valence-corrected chi connectivity index (χ4v) is 0.874. The van der Waals surface area contributed by atoms with Crippen molar-refractivity contribution in [2.45, 2.75) is 13.5 Å². The van der Waals surface area contributed by atoms with E-state index in [0.717, 1.165) is 0 Å². The van der Waals surface area contributed by atoms with Crippen molar-refractivity contribution in [3.8, 4) is 11.8 Å². The minimum Gasteiger partial charge on any atom is -0.343 e. The largest absolute Gasteiger partial charge is 0.343 e. The second kappa shape index (κ2) is 4.99. The number of carbonyl (C=O) groups excluding carboxylic acids is 1. The molecule has 0 aliphatic rings. The predicted molar refractivity (Wildman–Crippen MR) is 48.7 cm³/mol. The van der Waals surface area contributed by atoms with E-state index in [0.29, 0.717) is 13.1 Å². The Bertz CT molecular complexity index is 318. The molecule has 1 heterocycles. The topological polar surface area (TPSA) is 46.9 Å². The normalized spacial score (nSPS) is 8.69. The minimum atomic E-state index is -0.241. The van der Waals surface area contributed by atoms with Crippen LogP contribution in [0.25, 0.3) is 0 Å². The summed E-state index contributed by atoms with van der Waals surface area (Å²) in [7, 11) is 0. The van der Waals surface area contributed by atoms with Crippen LogP contribution in [0, 0.1) is 11.8 Å². The van der Waals surface area contributed by atoms with Crippen molar-refractivity contribution in [2.75, 3.05) is 6.54 Å². The third-order valence-electron chi connectivity index (χ3n) is 1.42. The molecule has 0 atom stereocenters. The second-order valence-corrected chi connectivity index (χ2v) is 2.40. The lowest BCUT2D eigenvalue weighted by atomic mass is 10.5. The van der Waals surface area contributed by atoms with E-state index in [4.69, 9.17) is 0 Å². The van der Waals surface area contributed by atoms with E-state index in [-0.39, 0.29) is 5.91 Å². The zero-order valence-corrected chi connectivity index (χ0v) is 7.45. The molecule has 4 heteroatoms. The standard InChI is InChI=1S/C9H11N3O/c1-2-4-9(13)10-6-8-12-7-3-5-11-12/h3,5,7H,6,8H2,1H3,(H,10,13). The van der Waals surface area contributed by atoms with Crippen LogP contribution in [0.3, 0.4) is 0 Å². The van der Waals surface area contributed by atoms with Crippen molar-refractivity contribution in [1.29, 1.82) is 0 Å². The Morgan fingerprint density at radius 3 is 3.15 bits per heavy atom. The molecule has 0 radical (unpaired) electrons. The van der Waals surface area contributed by atoms with Gasteiger partial charge in [-0.1, -0.05) is 5.92 Å². The van der Waals surface area contributed by atoms with E-state index >= 15 is 0 Å². The summed E-state index contributed by atoms with van der Waals surface area (Å²) < 4.78 is 1.75. The third kappa shape index (κ3) is 3.43. The molecule has 4 nitrogen and oxygen atoms in total. The van der Waals surface area contributed by atoms with Gasteiger partial charge in [0.2, 0.25) is 0 Å². The highest BCUT2D eigenvalue weighted by Crippen LogP contribution is 1.81. The Morgan fingerprint density at radius 1 is 1.69 bits per heavy atom. The van der Waals surface area contributed by atoms with Gasteiger partial charge in [0, 0.05) is 18.9 Å². The van der Waals surface area contributed by atoms with E-state index in [1.807, 2.05) is 12.3 Å². The third-order valence-corrected chi connectivity index (χ3v) is 1.42. The molecule has 1 aromatic rings. The van der Waals surface area contributed by atoms with Gasteiger partial charge in [0.25, 0.3) is 5.91 Å². The highest BCUT2D eigenvalue weighted by molar-refractivity contribution is 5.93. The Balaban J connectivity index is 2.20. The Labute approximate surface area is 76.9 Å². The number of carbonyl (C=O) groups is 1. The highest BCUT2D eigenvalue weighted by Gasteiger charge is 1.94. The van der Waals surface area contributed by atoms with Crippen LogP contribution in [0.5, 0.6) is 0 Å². The Morgan fingerprint density at radius 2 is 2.54 bits per heavy atom. The summed E-state index contributed by atoms with van der Waals surface area (Å²) in [5.74, 6) is 4.68. The first-order valence-corrected chi connectivity index (χ1v) is 4.01. The quantitative estimate of drug-likeness (QED) is 0.662. The van der Waals surface area contributed by atoms with Gasteiger partial charge in [-0.15, -0.1) is 0 Å². The first-order valence-electron chi connectivity index (χ1n) is 4.01. The number of hydrogen-bond donors (Lipinski definition) is 1. The SMILES string of the molecule is CC#CC(=O)NCCn1cccn1. The minimum absolute atomic E-state index is 0.241. The first-order chi connectivity index (χ1) is 6.33. The smallest absolute Gasteiger partial charge is 0.295 e. The molecule has 0 saturated carbocycles. The lowest BCUT2D eigenvalue weighted by Gasteiger charge is -2.00. The monoisotopic (exact) mass is 177 g/mol. The fraction of sp³-hybridized carbons (Fsp3) is 0.333. The number of nitrogens with one attached hydrogen (secondary N) is 1. The molecule has 0 fully saturated rings. The lowest BCUT2D eigenvalue weighted by molar-refractivity contribution is -0.115. The van der Waals surface area contributed by atoms with Crippen molar-refractivity contribution < 1.29 is 4.79 Å². The van der Waals surface area contributed by atoms with E-state index in [1.165, 1.54) is 0 Å². The van der Waals surface area contributed by atoms with Gasteiger partial charge in [0.1, 0.15) is 0 Å². The first kappa shape index (κ1) is 9.33. The summed E-state index contributed by atoms with van der Waals surface area (Å²) in [6.45, 7) is 2.85. The average Bonchev–Trinajstić information content (AvgIpc) is 2.57. The van der Waals surface area contributed by atoms with Gasteiger partial charge in [-0.05, 0) is 18.9 Å². The molecule has 0 aliphatic carbocycles. The number of aromatic nitrogens is 2. The maximum absolute atomic E-state index is 10.9. The zero-order chi connectivity index (χ0) is 9.52. The van der Waals surface area contributed by atoms with Gasteiger partial charge in [0.05, 0.1) is 6.54 Å². The van der Waals surface area contributed by atoms with Crippen LogP contribution in [0.4, 0.5) is 0 Å². The molecule has 1 N–H and O–H groups in total. The molecule has 0 unspecified atom stereocenters. The van der Waals surface area contributed by atoms with Gasteiger partial charge >= 0.3 is 0 Å². The molecule has 1 aromatic heterocycles. The average molecular weight is 177 g/mol. The Hall–Kier alpha value is -1.76. The number of hydrogen-bond acceptors (Lipinski definition) is 2. The van der Waals surface area contributed by atoms with Gasteiger partial charge < -0.3 is 5.32 Å². The van der Waals surface area contributed by atoms with Crippen molar-refractivity contribution in [3.05, 3.63) is 18.5 Å². The molecular formula is C9H11N3O. The molecule has 1 amide bonds. The maximum atomic E-state index is 10.9. The van der Waals surface area contributed by atoms with E-state index in [2.05, 4.69) is 22.3 Å². The van der Waals surface area contributed by atoms with E-state index in [1.54, 1.807) is 17.8 Å². The van der Waals surface area contributed by atoms with E-state index in [9.17, 15) is 4.79 Å². The molecule has 0 spiro atoms. The van der Waals surface area contributed by atoms with Crippen molar-refractivity contribution in [1.82, 2.24) is 15.1 Å². The molecular weight excluding hydrogens is 166 g/mol. The molecule has 68 valence electrons. The van der Waals surface area contributed by atoms with Gasteiger partial charge in [-0.3, -0.25) is 9.48 Å². The number of amides is 1. The van der Waals surface area contributed by atoms with Gasteiger partial charge in [-0.2, -0.15) is 5.10 Å². The summed E-state index contributed by atoms with van der Waals surface area (Å²) in [6, 6.07) is 1.84. The number of nitrogens with zero attached hydrogens (tertiary/aromatic N) is 2. The summed E-state index contributed by atoms with van der Waals surface area (Å²) >= 11 is 0. The molecule has 1 rings (SSSR count). The van der Waals surface area contributed by atoms with Crippen LogP contribution in [0.1, 0.15) is 6.92 Å².